The van der Waals surface area contributed by atoms with E-state index in [1.54, 1.807) is 0 Å². The molecule has 0 radical (unpaired) electrons. The minimum Gasteiger partial charge on any atom is -0.478 e. The van der Waals surface area contributed by atoms with Crippen molar-refractivity contribution in [1.29, 1.82) is 0 Å². The Balaban J connectivity index is 1.71. The molecule has 7 heteroatoms. The Morgan fingerprint density at radius 3 is 2.65 bits per heavy atom. The Bertz CT molecular complexity index is 962. The molecule has 0 fully saturated rings. The van der Waals surface area contributed by atoms with Crippen molar-refractivity contribution in [2.24, 2.45) is 0 Å². The van der Waals surface area contributed by atoms with Crippen LogP contribution in [0.15, 0.2) is 42.7 Å². The Kier molecular flexibility index (Phi) is 4.97. The molecule has 0 atom stereocenters. The number of carboxylic acids is 1. The lowest BCUT2D eigenvalue weighted by atomic mass is 10.2. The fourth-order valence-electron chi connectivity index (χ4n) is 2.92. The molecule has 2 heterocycles. The highest BCUT2D eigenvalue weighted by Gasteiger charge is 2.14. The molecule has 0 aliphatic heterocycles. The van der Waals surface area contributed by atoms with Crippen LogP contribution >= 0.6 is 0 Å². The van der Waals surface area contributed by atoms with Crippen LogP contribution in [0.4, 0.5) is 0 Å². The fourth-order valence-corrected chi connectivity index (χ4v) is 2.92. The maximum Gasteiger partial charge on any atom is 0.337 e. The van der Waals surface area contributed by atoms with Crippen LogP contribution in [0, 0.1) is 0 Å². The molecular formula is C19H20N4O3. The van der Waals surface area contributed by atoms with Gasteiger partial charge in [-0.2, -0.15) is 0 Å². The van der Waals surface area contributed by atoms with Crippen LogP contribution in [0.25, 0.3) is 11.0 Å². The molecule has 0 aliphatic rings. The molecule has 0 aliphatic carbocycles. The van der Waals surface area contributed by atoms with Crippen molar-refractivity contribution in [2.75, 3.05) is 6.54 Å². The number of para-hydroxylation sites is 2. The minimum absolute atomic E-state index is 0.0146. The summed E-state index contributed by atoms with van der Waals surface area (Å²) in [5, 5.41) is 11.8. The van der Waals surface area contributed by atoms with Gasteiger partial charge in [0, 0.05) is 31.4 Å². The smallest absolute Gasteiger partial charge is 0.337 e. The van der Waals surface area contributed by atoms with Crippen LogP contribution in [0.1, 0.15) is 46.4 Å². The van der Waals surface area contributed by atoms with E-state index in [9.17, 15) is 9.59 Å². The molecule has 3 rings (SSSR count). The number of nitrogens with one attached hydrogen (secondary N) is 1. The molecule has 1 amide bonds. The van der Waals surface area contributed by atoms with Gasteiger partial charge in [0.2, 0.25) is 0 Å². The molecule has 7 nitrogen and oxygen atoms in total. The van der Waals surface area contributed by atoms with E-state index < -0.39 is 5.97 Å². The van der Waals surface area contributed by atoms with Crippen LogP contribution in [0.3, 0.4) is 0 Å². The summed E-state index contributed by atoms with van der Waals surface area (Å²) in [5.41, 5.74) is 2.21. The van der Waals surface area contributed by atoms with Gasteiger partial charge in [0.1, 0.15) is 5.82 Å². The minimum atomic E-state index is -1.11. The summed E-state index contributed by atoms with van der Waals surface area (Å²) >= 11 is 0. The molecule has 3 aromatic rings. The van der Waals surface area contributed by atoms with E-state index >= 15 is 0 Å². The summed E-state index contributed by atoms with van der Waals surface area (Å²) in [6.45, 7) is 4.59. The number of aromatic carboxylic acids is 1. The summed E-state index contributed by atoms with van der Waals surface area (Å²) in [5.74, 6) is -0.565. The molecule has 0 spiro atoms. The second-order valence-electron chi connectivity index (χ2n) is 6.25. The number of fused-ring (bicyclic) bond motifs is 1. The summed E-state index contributed by atoms with van der Waals surface area (Å²) in [6.07, 6.45) is 3.14. The van der Waals surface area contributed by atoms with Gasteiger partial charge in [-0.25, -0.2) is 9.78 Å². The molecule has 0 bridgehead atoms. The molecule has 1 aromatic carbocycles. The van der Waals surface area contributed by atoms with Crippen molar-refractivity contribution in [3.8, 4) is 0 Å². The number of pyridine rings is 1. The van der Waals surface area contributed by atoms with Gasteiger partial charge in [-0.1, -0.05) is 12.1 Å². The first-order valence-corrected chi connectivity index (χ1v) is 8.39. The maximum absolute atomic E-state index is 12.2. The molecule has 2 aromatic heterocycles. The number of carbonyl (C=O) groups excluding carboxylic acids is 1. The predicted molar refractivity (Wildman–Crippen MR) is 97.4 cm³/mol. The van der Waals surface area contributed by atoms with Crippen molar-refractivity contribution < 1.29 is 14.7 Å². The Labute approximate surface area is 150 Å². The van der Waals surface area contributed by atoms with E-state index in [1.165, 1.54) is 18.5 Å². The number of carbonyl (C=O) groups is 2. The molecule has 0 saturated carbocycles. The number of nitrogens with zero attached hydrogens (tertiary/aromatic N) is 3. The zero-order valence-electron chi connectivity index (χ0n) is 14.6. The first-order chi connectivity index (χ1) is 12.5. The van der Waals surface area contributed by atoms with Gasteiger partial charge in [-0.3, -0.25) is 9.78 Å². The zero-order chi connectivity index (χ0) is 18.7. The van der Waals surface area contributed by atoms with E-state index in [0.29, 0.717) is 13.0 Å². The predicted octanol–water partition coefficient (Wildman–Crippen LogP) is 2.68. The number of amides is 1. The summed E-state index contributed by atoms with van der Waals surface area (Å²) < 4.78 is 2.16. The summed E-state index contributed by atoms with van der Waals surface area (Å²) in [4.78, 5) is 31.7. The van der Waals surface area contributed by atoms with Gasteiger partial charge in [0.05, 0.1) is 22.2 Å². The normalized spacial score (nSPS) is 11.0. The van der Waals surface area contributed by atoms with E-state index in [0.717, 1.165) is 16.9 Å². The van der Waals surface area contributed by atoms with E-state index in [1.807, 2.05) is 24.3 Å². The lowest BCUT2D eigenvalue weighted by molar-refractivity contribution is 0.0696. The molecular weight excluding hydrogens is 332 g/mol. The number of hydrogen-bond acceptors (Lipinski definition) is 4. The molecule has 2 N–H and O–H groups in total. The molecule has 0 saturated heterocycles. The number of hydrogen-bond donors (Lipinski definition) is 2. The summed E-state index contributed by atoms with van der Waals surface area (Å²) in [7, 11) is 0. The molecule has 0 unspecified atom stereocenters. The van der Waals surface area contributed by atoms with Gasteiger partial charge in [-0.15, -0.1) is 0 Å². The number of aromatic nitrogens is 3. The van der Waals surface area contributed by atoms with E-state index in [4.69, 9.17) is 5.11 Å². The lowest BCUT2D eigenvalue weighted by Gasteiger charge is -2.13. The number of benzene rings is 1. The van der Waals surface area contributed by atoms with Gasteiger partial charge >= 0.3 is 5.97 Å². The topological polar surface area (TPSA) is 97.1 Å². The van der Waals surface area contributed by atoms with E-state index in [-0.39, 0.29) is 23.1 Å². The van der Waals surface area contributed by atoms with Crippen LogP contribution in [0.2, 0.25) is 0 Å². The Hall–Kier alpha value is -3.22. The van der Waals surface area contributed by atoms with E-state index in [2.05, 4.69) is 33.7 Å². The van der Waals surface area contributed by atoms with Gasteiger partial charge in [-0.05, 0) is 32.0 Å². The van der Waals surface area contributed by atoms with Crippen LogP contribution in [0.5, 0.6) is 0 Å². The Morgan fingerprint density at radius 1 is 1.19 bits per heavy atom. The number of rotatable bonds is 6. The van der Waals surface area contributed by atoms with Crippen LogP contribution < -0.4 is 5.32 Å². The van der Waals surface area contributed by atoms with Crippen molar-refractivity contribution in [3.05, 3.63) is 59.7 Å². The Morgan fingerprint density at radius 2 is 1.92 bits per heavy atom. The van der Waals surface area contributed by atoms with Gasteiger partial charge in [0.15, 0.2) is 0 Å². The van der Waals surface area contributed by atoms with Crippen molar-refractivity contribution >= 4 is 22.9 Å². The second-order valence-corrected chi connectivity index (χ2v) is 6.25. The van der Waals surface area contributed by atoms with Crippen molar-refractivity contribution in [2.45, 2.75) is 26.3 Å². The molecule has 134 valence electrons. The third-order valence-corrected chi connectivity index (χ3v) is 4.07. The van der Waals surface area contributed by atoms with Crippen molar-refractivity contribution in [1.82, 2.24) is 19.9 Å². The highest BCUT2D eigenvalue weighted by atomic mass is 16.4. The molecule has 26 heavy (non-hydrogen) atoms. The number of carboxylic acid groups (broad SMARTS) is 1. The second kappa shape index (κ2) is 7.35. The standard InChI is InChI=1S/C19H20N4O3/c1-12(2)23-16-6-4-3-5-15(16)22-17(23)7-8-21-18(24)13-9-14(19(25)26)11-20-10-13/h3-6,9-12H,7-8H2,1-2H3,(H,21,24)(H,25,26). The summed E-state index contributed by atoms with van der Waals surface area (Å²) in [6, 6.07) is 9.51. The van der Waals surface area contributed by atoms with Crippen LogP contribution in [-0.2, 0) is 6.42 Å². The van der Waals surface area contributed by atoms with Gasteiger partial charge in [0.25, 0.3) is 5.91 Å². The monoisotopic (exact) mass is 352 g/mol. The largest absolute Gasteiger partial charge is 0.478 e. The van der Waals surface area contributed by atoms with Crippen molar-refractivity contribution in [3.63, 3.8) is 0 Å². The average Bonchev–Trinajstić information content (AvgIpc) is 3.00. The third-order valence-electron chi connectivity index (χ3n) is 4.07. The SMILES string of the molecule is CC(C)n1c(CCNC(=O)c2cncc(C(=O)O)c2)nc2ccccc21. The maximum atomic E-state index is 12.2. The first kappa shape index (κ1) is 17.6. The quantitative estimate of drug-likeness (QED) is 0.711. The highest BCUT2D eigenvalue weighted by Crippen LogP contribution is 2.21. The zero-order valence-corrected chi connectivity index (χ0v) is 14.6. The third kappa shape index (κ3) is 3.56. The highest BCUT2D eigenvalue weighted by molar-refractivity contribution is 5.96. The lowest BCUT2D eigenvalue weighted by Crippen LogP contribution is -2.27. The van der Waals surface area contributed by atoms with Crippen LogP contribution in [-0.4, -0.2) is 38.1 Å². The number of imidazole rings is 1. The van der Waals surface area contributed by atoms with Gasteiger partial charge < -0.3 is 15.0 Å². The average molecular weight is 352 g/mol. The fraction of sp³-hybridized carbons (Fsp3) is 0.263. The first-order valence-electron chi connectivity index (χ1n) is 8.39.